The van der Waals surface area contributed by atoms with E-state index in [0.717, 1.165) is 49.6 Å². The Hall–Kier alpha value is -1.50. The number of rotatable bonds is 2. The van der Waals surface area contributed by atoms with Gasteiger partial charge < -0.3 is 24.1 Å². The van der Waals surface area contributed by atoms with Crippen LogP contribution in [0, 0.1) is 0 Å². The summed E-state index contributed by atoms with van der Waals surface area (Å²) in [5.41, 5.74) is 2.42. The fourth-order valence-electron chi connectivity index (χ4n) is 5.45. The van der Waals surface area contributed by atoms with Gasteiger partial charge in [-0.2, -0.15) is 0 Å². The van der Waals surface area contributed by atoms with Crippen LogP contribution in [-0.2, 0) is 16.7 Å². The van der Waals surface area contributed by atoms with Crippen molar-refractivity contribution in [3.8, 4) is 17.2 Å². The summed E-state index contributed by atoms with van der Waals surface area (Å²) in [5, 5.41) is 10.6. The van der Waals surface area contributed by atoms with Gasteiger partial charge in [-0.25, -0.2) is 0 Å². The second kappa shape index (κ2) is 5.00. The molecular weight excluding hydrogens is 310 g/mol. The molecule has 1 saturated heterocycles. The summed E-state index contributed by atoms with van der Waals surface area (Å²) in [7, 11) is 3.39. The van der Waals surface area contributed by atoms with Crippen molar-refractivity contribution < 1.29 is 24.1 Å². The van der Waals surface area contributed by atoms with Crippen molar-refractivity contribution in [3.63, 3.8) is 0 Å². The summed E-state index contributed by atoms with van der Waals surface area (Å²) in [5.74, 6) is 2.29. The van der Waals surface area contributed by atoms with Crippen molar-refractivity contribution in [1.82, 2.24) is 4.90 Å². The molecular formula is C18H23NO5. The zero-order valence-corrected chi connectivity index (χ0v) is 14.1. The Labute approximate surface area is 141 Å². The van der Waals surface area contributed by atoms with Crippen LogP contribution in [0.15, 0.2) is 6.07 Å². The molecule has 3 heterocycles. The Morgan fingerprint density at radius 3 is 3.00 bits per heavy atom. The van der Waals surface area contributed by atoms with Crippen LogP contribution < -0.4 is 14.2 Å². The molecule has 1 aromatic rings. The van der Waals surface area contributed by atoms with Gasteiger partial charge in [0.2, 0.25) is 12.5 Å². The SMILES string of the molecule is COc1c2c(cc3c1OCO3)C13CCN(C2)C1CC(OC)C(O)C3. The average molecular weight is 333 g/mol. The van der Waals surface area contributed by atoms with Crippen molar-refractivity contribution in [2.24, 2.45) is 0 Å². The number of aliphatic hydroxyl groups is 1. The van der Waals surface area contributed by atoms with E-state index in [1.54, 1.807) is 14.2 Å². The van der Waals surface area contributed by atoms with Crippen LogP contribution in [-0.4, -0.2) is 55.8 Å². The van der Waals surface area contributed by atoms with E-state index in [0.29, 0.717) is 6.04 Å². The first-order valence-electron chi connectivity index (χ1n) is 8.63. The number of fused-ring (bicyclic) bond motifs is 2. The van der Waals surface area contributed by atoms with Crippen molar-refractivity contribution in [2.75, 3.05) is 27.6 Å². The van der Waals surface area contributed by atoms with Gasteiger partial charge in [0.25, 0.3) is 0 Å². The van der Waals surface area contributed by atoms with E-state index in [1.165, 1.54) is 11.1 Å². The maximum atomic E-state index is 10.6. The zero-order chi connectivity index (χ0) is 16.5. The molecule has 2 bridgehead atoms. The number of hydrogen-bond acceptors (Lipinski definition) is 6. The minimum absolute atomic E-state index is 0.0453. The fourth-order valence-corrected chi connectivity index (χ4v) is 5.45. The first-order valence-corrected chi connectivity index (χ1v) is 8.63. The summed E-state index contributed by atoms with van der Waals surface area (Å²) in [4.78, 5) is 2.52. The molecule has 6 nitrogen and oxygen atoms in total. The van der Waals surface area contributed by atoms with Crippen LogP contribution in [0.25, 0.3) is 0 Å². The first-order chi connectivity index (χ1) is 11.7. The minimum Gasteiger partial charge on any atom is -0.492 e. The van der Waals surface area contributed by atoms with Crippen molar-refractivity contribution in [2.45, 2.75) is 49.5 Å². The molecule has 5 unspecified atom stereocenters. The molecule has 1 aliphatic carbocycles. The second-order valence-corrected chi connectivity index (χ2v) is 7.34. The maximum Gasteiger partial charge on any atom is 0.231 e. The molecule has 0 aromatic heterocycles. The number of nitrogens with zero attached hydrogens (tertiary/aromatic N) is 1. The molecule has 1 saturated carbocycles. The summed E-state index contributed by atoms with van der Waals surface area (Å²) in [6, 6.07) is 2.54. The number of methoxy groups -OCH3 is 2. The molecule has 2 fully saturated rings. The standard InChI is InChI=1S/C18H23NO5/c1-21-13-6-15-18(7-12(13)20)3-4-19(15)8-10-11(18)5-14-17(16(10)22-2)24-9-23-14/h5,12-13,15,20H,3-4,6-9H2,1-2H3. The first kappa shape index (κ1) is 14.8. The van der Waals surface area contributed by atoms with Crippen molar-refractivity contribution in [1.29, 1.82) is 0 Å². The number of hydrogen-bond donors (Lipinski definition) is 1. The van der Waals surface area contributed by atoms with Crippen LogP contribution in [0.2, 0.25) is 0 Å². The topological polar surface area (TPSA) is 60.4 Å². The normalized spacial score (nSPS) is 38.6. The highest BCUT2D eigenvalue weighted by Crippen LogP contribution is 2.58. The predicted octanol–water partition coefficient (Wildman–Crippen LogP) is 1.42. The van der Waals surface area contributed by atoms with Gasteiger partial charge in [-0.1, -0.05) is 0 Å². The molecule has 6 heteroatoms. The van der Waals surface area contributed by atoms with E-state index in [-0.39, 0.29) is 18.3 Å². The van der Waals surface area contributed by atoms with Gasteiger partial charge in [0.1, 0.15) is 0 Å². The lowest BCUT2D eigenvalue weighted by molar-refractivity contribution is -0.0776. The van der Waals surface area contributed by atoms with Gasteiger partial charge in [0, 0.05) is 30.7 Å². The molecule has 0 radical (unpaired) electrons. The molecule has 3 aliphatic heterocycles. The Kier molecular flexibility index (Phi) is 3.09. The molecule has 130 valence electrons. The predicted molar refractivity (Wildman–Crippen MR) is 85.6 cm³/mol. The average Bonchev–Trinajstić information content (AvgIpc) is 3.15. The van der Waals surface area contributed by atoms with E-state index in [4.69, 9.17) is 18.9 Å². The summed E-state index contributed by atoms with van der Waals surface area (Å²) >= 11 is 0. The van der Waals surface area contributed by atoms with Crippen LogP contribution in [0.5, 0.6) is 17.2 Å². The third-order valence-corrected chi connectivity index (χ3v) is 6.51. The lowest BCUT2D eigenvalue weighted by atomic mass is 9.62. The van der Waals surface area contributed by atoms with E-state index in [1.807, 2.05) is 0 Å². The summed E-state index contributed by atoms with van der Waals surface area (Å²) in [6.45, 7) is 2.13. The highest BCUT2D eigenvalue weighted by atomic mass is 16.7. The molecule has 24 heavy (non-hydrogen) atoms. The van der Waals surface area contributed by atoms with E-state index >= 15 is 0 Å². The Bertz CT molecular complexity index is 692. The van der Waals surface area contributed by atoms with Gasteiger partial charge in [0.05, 0.1) is 19.3 Å². The van der Waals surface area contributed by atoms with E-state index in [2.05, 4.69) is 11.0 Å². The van der Waals surface area contributed by atoms with Crippen LogP contribution >= 0.6 is 0 Å². The molecule has 1 aromatic carbocycles. The van der Waals surface area contributed by atoms with Gasteiger partial charge >= 0.3 is 0 Å². The number of benzene rings is 1. The Morgan fingerprint density at radius 1 is 1.33 bits per heavy atom. The highest BCUT2D eigenvalue weighted by Gasteiger charge is 2.58. The third-order valence-electron chi connectivity index (χ3n) is 6.51. The molecule has 0 spiro atoms. The number of ether oxygens (including phenoxy) is 4. The van der Waals surface area contributed by atoms with Crippen LogP contribution in [0.1, 0.15) is 30.4 Å². The third kappa shape index (κ3) is 1.71. The second-order valence-electron chi connectivity index (χ2n) is 7.34. The number of aliphatic hydroxyl groups excluding tert-OH is 1. The fraction of sp³-hybridized carbons (Fsp3) is 0.667. The molecule has 0 amide bonds. The van der Waals surface area contributed by atoms with Crippen LogP contribution in [0.4, 0.5) is 0 Å². The maximum absolute atomic E-state index is 10.6. The molecule has 4 aliphatic rings. The van der Waals surface area contributed by atoms with Gasteiger partial charge in [-0.3, -0.25) is 4.90 Å². The lowest BCUT2D eigenvalue weighted by Crippen LogP contribution is -2.56. The zero-order valence-electron chi connectivity index (χ0n) is 14.1. The summed E-state index contributed by atoms with van der Waals surface area (Å²) < 4.78 is 22.5. The van der Waals surface area contributed by atoms with Crippen molar-refractivity contribution in [3.05, 3.63) is 17.2 Å². The van der Waals surface area contributed by atoms with Crippen molar-refractivity contribution >= 4 is 0 Å². The van der Waals surface area contributed by atoms with E-state index < -0.39 is 6.10 Å². The Morgan fingerprint density at radius 2 is 2.21 bits per heavy atom. The summed E-state index contributed by atoms with van der Waals surface area (Å²) in [6.07, 6.45) is 2.13. The van der Waals surface area contributed by atoms with Crippen LogP contribution in [0.3, 0.4) is 0 Å². The van der Waals surface area contributed by atoms with Gasteiger partial charge in [-0.15, -0.1) is 0 Å². The molecule has 5 atom stereocenters. The Balaban J connectivity index is 1.68. The van der Waals surface area contributed by atoms with Gasteiger partial charge in [0.15, 0.2) is 11.5 Å². The smallest absolute Gasteiger partial charge is 0.231 e. The molecule has 5 rings (SSSR count). The lowest BCUT2D eigenvalue weighted by Gasteiger charge is -2.50. The highest BCUT2D eigenvalue weighted by molar-refractivity contribution is 5.63. The van der Waals surface area contributed by atoms with Gasteiger partial charge in [-0.05, 0) is 37.4 Å². The minimum atomic E-state index is -0.437. The quantitative estimate of drug-likeness (QED) is 0.883. The van der Waals surface area contributed by atoms with E-state index in [9.17, 15) is 5.11 Å². The largest absolute Gasteiger partial charge is 0.492 e. The monoisotopic (exact) mass is 333 g/mol. The molecule has 1 N–H and O–H groups in total.